The molecule has 0 bridgehead atoms. The van der Waals surface area contributed by atoms with Gasteiger partial charge in [-0.1, -0.05) is 23.7 Å². The van der Waals surface area contributed by atoms with Crippen molar-refractivity contribution in [1.29, 1.82) is 0 Å². The molecule has 2 aromatic heterocycles. The van der Waals surface area contributed by atoms with Crippen LogP contribution in [0.15, 0.2) is 42.6 Å². The van der Waals surface area contributed by atoms with Gasteiger partial charge in [0.1, 0.15) is 0 Å². The third kappa shape index (κ3) is 4.40. The monoisotopic (exact) mass is 443 g/mol. The maximum atomic E-state index is 14.5. The number of hydrogen-bond donors (Lipinski definition) is 4. The van der Waals surface area contributed by atoms with Gasteiger partial charge in [-0.25, -0.2) is 14.4 Å². The first-order chi connectivity index (χ1) is 14.8. The Morgan fingerprint density at radius 2 is 1.97 bits per heavy atom. The molecule has 0 radical (unpaired) electrons. The van der Waals surface area contributed by atoms with E-state index in [0.717, 1.165) is 23.1 Å². The molecule has 3 aromatic rings. The first-order valence-electron chi connectivity index (χ1n) is 10.0. The van der Waals surface area contributed by atoms with Gasteiger partial charge in [-0.3, -0.25) is 4.79 Å². The van der Waals surface area contributed by atoms with Crippen molar-refractivity contribution in [1.82, 2.24) is 20.3 Å². The molecule has 4 N–H and O–H groups in total. The molecule has 0 spiro atoms. The van der Waals surface area contributed by atoms with Crippen LogP contribution in [-0.2, 0) is 4.79 Å². The molecular weight excluding hydrogens is 421 g/mol. The first kappa shape index (κ1) is 21.3. The Bertz CT molecular complexity index is 1090. The summed E-state index contributed by atoms with van der Waals surface area (Å²) in [6.07, 6.45) is 0.273. The highest BCUT2D eigenvalue weighted by atomic mass is 35.5. The minimum atomic E-state index is -0.860. The summed E-state index contributed by atoms with van der Waals surface area (Å²) in [7, 11) is 0. The van der Waals surface area contributed by atoms with Crippen LogP contribution in [0.1, 0.15) is 37.2 Å². The Morgan fingerprint density at radius 1 is 1.23 bits per heavy atom. The lowest BCUT2D eigenvalue weighted by Gasteiger charge is -2.20. The van der Waals surface area contributed by atoms with Crippen LogP contribution in [0.5, 0.6) is 0 Å². The van der Waals surface area contributed by atoms with Gasteiger partial charge in [0, 0.05) is 28.9 Å². The van der Waals surface area contributed by atoms with Crippen LogP contribution < -0.4 is 10.6 Å². The van der Waals surface area contributed by atoms with Crippen molar-refractivity contribution in [2.24, 2.45) is 5.92 Å². The lowest BCUT2D eigenvalue weighted by atomic mass is 9.88. The molecule has 0 saturated carbocycles. The van der Waals surface area contributed by atoms with Gasteiger partial charge in [-0.2, -0.15) is 0 Å². The maximum absolute atomic E-state index is 14.5. The molecule has 4 rings (SSSR count). The molecule has 3 heterocycles. The number of nitrogens with one attached hydrogen (secondary N) is 3. The van der Waals surface area contributed by atoms with Crippen LogP contribution in [0.2, 0.25) is 5.02 Å². The van der Waals surface area contributed by atoms with E-state index >= 15 is 0 Å². The minimum Gasteiger partial charge on any atom is -0.393 e. The topological polar surface area (TPSA) is 103 Å². The quantitative estimate of drug-likeness (QED) is 0.465. The summed E-state index contributed by atoms with van der Waals surface area (Å²) in [6.45, 7) is 3.78. The molecular formula is C22H23ClFN5O2. The number of aliphatic hydroxyl groups excluding tert-OH is 1. The summed E-state index contributed by atoms with van der Waals surface area (Å²) in [5.74, 6) is -2.13. The zero-order chi connectivity index (χ0) is 22.1. The van der Waals surface area contributed by atoms with E-state index in [9.17, 15) is 14.3 Å². The SMILES string of the molecule is C[C@H](Nc1ncc(F)c([C@@H]2C(=O)NCC2[C@@H](C)O)n1)c1ccc(-c2ccc(Cl)cc2)[nH]1. The number of halogens is 2. The second-order valence-corrected chi connectivity index (χ2v) is 8.19. The highest BCUT2D eigenvalue weighted by molar-refractivity contribution is 6.30. The van der Waals surface area contributed by atoms with Crippen molar-refractivity contribution in [3.05, 3.63) is 64.8 Å². The summed E-state index contributed by atoms with van der Waals surface area (Å²) >= 11 is 5.95. The van der Waals surface area contributed by atoms with Crippen LogP contribution in [0.3, 0.4) is 0 Å². The predicted molar refractivity (Wildman–Crippen MR) is 116 cm³/mol. The first-order valence-corrected chi connectivity index (χ1v) is 10.4. The smallest absolute Gasteiger partial charge is 0.229 e. The molecule has 0 aliphatic carbocycles. The van der Waals surface area contributed by atoms with Gasteiger partial charge in [-0.05, 0) is 43.7 Å². The number of carbonyl (C=O) groups excluding carboxylic acids is 1. The molecule has 7 nitrogen and oxygen atoms in total. The van der Waals surface area contributed by atoms with E-state index in [1.807, 2.05) is 43.3 Å². The Balaban J connectivity index is 1.54. The van der Waals surface area contributed by atoms with Gasteiger partial charge >= 0.3 is 0 Å². The van der Waals surface area contributed by atoms with E-state index in [2.05, 4.69) is 25.6 Å². The predicted octanol–water partition coefficient (Wildman–Crippen LogP) is 3.65. The van der Waals surface area contributed by atoms with Crippen molar-refractivity contribution in [3.8, 4) is 11.3 Å². The van der Waals surface area contributed by atoms with Gasteiger partial charge in [-0.15, -0.1) is 0 Å². The number of carbonyl (C=O) groups is 1. The van der Waals surface area contributed by atoms with E-state index in [4.69, 9.17) is 11.6 Å². The number of nitrogens with zero attached hydrogens (tertiary/aromatic N) is 2. The van der Waals surface area contributed by atoms with E-state index in [1.54, 1.807) is 6.92 Å². The molecule has 162 valence electrons. The van der Waals surface area contributed by atoms with E-state index in [-0.39, 0.29) is 30.1 Å². The van der Waals surface area contributed by atoms with Crippen LogP contribution >= 0.6 is 11.6 Å². The third-order valence-electron chi connectivity index (χ3n) is 5.58. The number of aromatic nitrogens is 3. The van der Waals surface area contributed by atoms with Gasteiger partial charge in [0.05, 0.1) is 30.0 Å². The highest BCUT2D eigenvalue weighted by Crippen LogP contribution is 2.32. The van der Waals surface area contributed by atoms with Crippen LogP contribution in [0.25, 0.3) is 11.3 Å². The van der Waals surface area contributed by atoms with Crippen molar-refractivity contribution < 1.29 is 14.3 Å². The van der Waals surface area contributed by atoms with E-state index < -0.39 is 23.8 Å². The Morgan fingerprint density at radius 3 is 2.68 bits per heavy atom. The number of benzene rings is 1. The van der Waals surface area contributed by atoms with E-state index in [1.165, 1.54) is 0 Å². The molecule has 9 heteroatoms. The maximum Gasteiger partial charge on any atom is 0.229 e. The summed E-state index contributed by atoms with van der Waals surface area (Å²) in [4.78, 5) is 23.9. The normalized spacial score (nSPS) is 20.4. The van der Waals surface area contributed by atoms with Crippen molar-refractivity contribution in [3.63, 3.8) is 0 Å². The molecule has 1 fully saturated rings. The van der Waals surface area contributed by atoms with Crippen LogP contribution in [0.4, 0.5) is 10.3 Å². The zero-order valence-corrected chi connectivity index (χ0v) is 17.8. The molecule has 1 amide bonds. The minimum absolute atomic E-state index is 0.0149. The van der Waals surface area contributed by atoms with Crippen molar-refractivity contribution in [2.75, 3.05) is 11.9 Å². The number of H-pyrrole nitrogens is 1. The van der Waals surface area contributed by atoms with Gasteiger partial charge in [0.2, 0.25) is 11.9 Å². The number of aliphatic hydroxyl groups is 1. The standard InChI is InChI=1S/C22H23ClFN5O2/c1-11(17-7-8-18(28-17)13-3-5-14(23)6-4-13)27-22-26-10-16(24)20(29-22)19-15(12(2)30)9-25-21(19)31/h3-8,10-12,15,19,28,30H,9H2,1-2H3,(H,25,31)(H,26,27,29)/t11-,12+,15?,19+/m0/s1. The summed E-state index contributed by atoms with van der Waals surface area (Å²) in [6, 6.07) is 11.2. The number of hydrogen-bond acceptors (Lipinski definition) is 5. The molecule has 4 atom stereocenters. The van der Waals surface area contributed by atoms with Gasteiger partial charge in [0.25, 0.3) is 0 Å². The van der Waals surface area contributed by atoms with Gasteiger partial charge in [0.15, 0.2) is 5.82 Å². The van der Waals surface area contributed by atoms with Crippen molar-refractivity contribution >= 4 is 23.5 Å². The Hall–Kier alpha value is -2.97. The molecule has 1 aliphatic rings. The van der Waals surface area contributed by atoms with Crippen molar-refractivity contribution in [2.45, 2.75) is 31.9 Å². The van der Waals surface area contributed by atoms with Gasteiger partial charge < -0.3 is 20.7 Å². The number of amides is 1. The Labute approximate surface area is 184 Å². The number of anilines is 1. The fourth-order valence-electron chi connectivity index (χ4n) is 3.82. The molecule has 1 saturated heterocycles. The summed E-state index contributed by atoms with van der Waals surface area (Å²) in [5.41, 5.74) is 2.81. The highest BCUT2D eigenvalue weighted by Gasteiger charge is 2.41. The summed E-state index contributed by atoms with van der Waals surface area (Å²) < 4.78 is 14.5. The zero-order valence-electron chi connectivity index (χ0n) is 17.1. The lowest BCUT2D eigenvalue weighted by Crippen LogP contribution is -2.26. The Kier molecular flexibility index (Phi) is 5.93. The number of rotatable bonds is 6. The fraction of sp³-hybridized carbons (Fsp3) is 0.318. The average Bonchev–Trinajstić information content (AvgIpc) is 3.37. The average molecular weight is 444 g/mol. The lowest BCUT2D eigenvalue weighted by molar-refractivity contribution is -0.121. The number of aromatic amines is 1. The van der Waals surface area contributed by atoms with E-state index in [0.29, 0.717) is 5.02 Å². The second kappa shape index (κ2) is 8.64. The third-order valence-corrected chi connectivity index (χ3v) is 5.84. The second-order valence-electron chi connectivity index (χ2n) is 7.75. The largest absolute Gasteiger partial charge is 0.393 e. The molecule has 1 aliphatic heterocycles. The molecule has 31 heavy (non-hydrogen) atoms. The molecule has 1 aromatic carbocycles. The molecule has 1 unspecified atom stereocenters. The summed E-state index contributed by atoms with van der Waals surface area (Å²) in [5, 5.41) is 16.5. The fourth-order valence-corrected chi connectivity index (χ4v) is 3.94. The van der Waals surface area contributed by atoms with Crippen LogP contribution in [0, 0.1) is 11.7 Å². The van der Waals surface area contributed by atoms with Crippen LogP contribution in [-0.4, -0.2) is 38.6 Å².